The molecule has 0 radical (unpaired) electrons. The number of alkyl halides is 3. The van der Waals surface area contributed by atoms with Crippen LogP contribution >= 0.6 is 0 Å². The number of nitrogens with zero attached hydrogens (tertiary/aromatic N) is 1. The van der Waals surface area contributed by atoms with Crippen molar-refractivity contribution in [3.63, 3.8) is 0 Å². The topological polar surface area (TPSA) is 101 Å². The summed E-state index contributed by atoms with van der Waals surface area (Å²) in [6, 6.07) is 1.90. The second kappa shape index (κ2) is 5.85. The Morgan fingerprint density at radius 3 is 2.33 bits per heavy atom. The van der Waals surface area contributed by atoms with Crippen molar-refractivity contribution in [1.82, 2.24) is 4.72 Å². The van der Waals surface area contributed by atoms with Gasteiger partial charge in [0.25, 0.3) is 5.69 Å². The van der Waals surface area contributed by atoms with Gasteiger partial charge in [0.05, 0.1) is 9.82 Å². The molecule has 118 valence electrons. The average Bonchev–Trinajstić information content (AvgIpc) is 2.34. The number of benzene rings is 1. The van der Waals surface area contributed by atoms with Crippen molar-refractivity contribution >= 4 is 21.4 Å². The molecule has 0 spiro atoms. The lowest BCUT2D eigenvalue weighted by Crippen LogP contribution is -2.34. The van der Waals surface area contributed by atoms with E-state index in [0.717, 1.165) is 6.07 Å². The summed E-state index contributed by atoms with van der Waals surface area (Å²) in [5.74, 6) is 0. The first kappa shape index (κ1) is 17.2. The number of rotatable bonds is 5. The standard InChI is InChI=1S/C10H12F3N3O4S/c1-6-3-7(14-2)8(16(17)18)4-9(6)21(19,20)15-5-10(11,12)13/h3-4,14-15H,5H2,1-2H3. The fraction of sp³-hybridized carbons (Fsp3) is 0.400. The van der Waals surface area contributed by atoms with Crippen LogP contribution in [-0.2, 0) is 10.0 Å². The van der Waals surface area contributed by atoms with Crippen LogP contribution < -0.4 is 10.0 Å². The zero-order chi connectivity index (χ0) is 16.4. The lowest BCUT2D eigenvalue weighted by Gasteiger charge is -2.12. The van der Waals surface area contributed by atoms with E-state index in [1.165, 1.54) is 24.8 Å². The third kappa shape index (κ3) is 4.29. The molecule has 0 saturated carbocycles. The van der Waals surface area contributed by atoms with Gasteiger partial charge in [0.1, 0.15) is 12.2 Å². The molecule has 1 aromatic carbocycles. The quantitative estimate of drug-likeness (QED) is 0.634. The first-order valence-electron chi connectivity index (χ1n) is 5.51. The summed E-state index contributed by atoms with van der Waals surface area (Å²) in [5, 5.41) is 13.4. The average molecular weight is 327 g/mol. The van der Waals surface area contributed by atoms with Crippen LogP contribution in [0, 0.1) is 17.0 Å². The molecule has 0 saturated heterocycles. The first-order valence-corrected chi connectivity index (χ1v) is 6.99. The highest BCUT2D eigenvalue weighted by Gasteiger charge is 2.31. The second-order valence-electron chi connectivity index (χ2n) is 4.08. The molecule has 11 heteroatoms. The highest BCUT2D eigenvalue weighted by Crippen LogP contribution is 2.30. The minimum Gasteiger partial charge on any atom is -0.383 e. The Morgan fingerprint density at radius 1 is 1.33 bits per heavy atom. The van der Waals surface area contributed by atoms with Crippen LogP contribution in [0.25, 0.3) is 0 Å². The summed E-state index contributed by atoms with van der Waals surface area (Å²) >= 11 is 0. The number of nitro benzene ring substituents is 1. The molecule has 1 aromatic rings. The van der Waals surface area contributed by atoms with Gasteiger partial charge < -0.3 is 5.32 Å². The van der Waals surface area contributed by atoms with E-state index in [2.05, 4.69) is 5.32 Å². The van der Waals surface area contributed by atoms with Gasteiger partial charge in [-0.25, -0.2) is 13.1 Å². The van der Waals surface area contributed by atoms with Crippen molar-refractivity contribution in [2.75, 3.05) is 18.9 Å². The van der Waals surface area contributed by atoms with Crippen molar-refractivity contribution < 1.29 is 26.5 Å². The lowest BCUT2D eigenvalue weighted by molar-refractivity contribution is -0.384. The van der Waals surface area contributed by atoms with E-state index in [0.29, 0.717) is 0 Å². The monoisotopic (exact) mass is 327 g/mol. The maximum absolute atomic E-state index is 12.1. The Bertz CT molecular complexity index is 658. The molecular weight excluding hydrogens is 315 g/mol. The summed E-state index contributed by atoms with van der Waals surface area (Å²) in [7, 11) is -3.11. The van der Waals surface area contributed by atoms with Crippen molar-refractivity contribution in [2.45, 2.75) is 18.0 Å². The highest BCUT2D eigenvalue weighted by atomic mass is 32.2. The fourth-order valence-electron chi connectivity index (χ4n) is 1.57. The Morgan fingerprint density at radius 2 is 1.90 bits per heavy atom. The van der Waals surface area contributed by atoms with Crippen molar-refractivity contribution in [3.8, 4) is 0 Å². The maximum Gasteiger partial charge on any atom is 0.402 e. The smallest absolute Gasteiger partial charge is 0.383 e. The van der Waals surface area contributed by atoms with Gasteiger partial charge in [-0.15, -0.1) is 0 Å². The number of aryl methyl sites for hydroxylation is 1. The lowest BCUT2D eigenvalue weighted by atomic mass is 10.2. The molecule has 0 bridgehead atoms. The summed E-state index contributed by atoms with van der Waals surface area (Å²) in [4.78, 5) is 9.46. The van der Waals surface area contributed by atoms with Crippen LogP contribution in [-0.4, -0.2) is 33.1 Å². The number of sulfonamides is 1. The van der Waals surface area contributed by atoms with Crippen LogP contribution in [0.5, 0.6) is 0 Å². The molecule has 2 N–H and O–H groups in total. The molecule has 0 aliphatic carbocycles. The summed E-state index contributed by atoms with van der Waals surface area (Å²) in [5.41, 5.74) is -0.401. The Balaban J connectivity index is 3.30. The molecule has 0 aliphatic heterocycles. The summed E-state index contributed by atoms with van der Waals surface area (Å²) in [6.07, 6.45) is -4.72. The molecule has 21 heavy (non-hydrogen) atoms. The molecule has 0 aliphatic rings. The fourth-order valence-corrected chi connectivity index (χ4v) is 2.83. The molecular formula is C10H12F3N3O4S. The molecule has 0 amide bonds. The first-order chi connectivity index (χ1) is 9.48. The third-order valence-corrected chi connectivity index (χ3v) is 4.05. The van der Waals surface area contributed by atoms with Crippen LogP contribution in [0.1, 0.15) is 5.56 Å². The summed E-state index contributed by atoms with van der Waals surface area (Å²) in [6.45, 7) is -0.428. The van der Waals surface area contributed by atoms with Gasteiger partial charge in [0.15, 0.2) is 0 Å². The second-order valence-corrected chi connectivity index (χ2v) is 5.82. The molecule has 0 unspecified atom stereocenters. The summed E-state index contributed by atoms with van der Waals surface area (Å²) < 4.78 is 61.3. The molecule has 7 nitrogen and oxygen atoms in total. The van der Waals surface area contributed by atoms with Crippen molar-refractivity contribution in [1.29, 1.82) is 0 Å². The highest BCUT2D eigenvalue weighted by molar-refractivity contribution is 7.89. The van der Waals surface area contributed by atoms with Gasteiger partial charge in [-0.3, -0.25) is 10.1 Å². The van der Waals surface area contributed by atoms with Crippen LogP contribution in [0.2, 0.25) is 0 Å². The Kier molecular flexibility index (Phi) is 4.79. The maximum atomic E-state index is 12.1. The van der Waals surface area contributed by atoms with Gasteiger partial charge in [-0.2, -0.15) is 13.2 Å². The molecule has 0 heterocycles. The van der Waals surface area contributed by atoms with Gasteiger partial charge in [-0.05, 0) is 18.6 Å². The van der Waals surface area contributed by atoms with E-state index in [-0.39, 0.29) is 11.3 Å². The minimum absolute atomic E-state index is 0.0623. The number of hydrogen-bond acceptors (Lipinski definition) is 5. The van der Waals surface area contributed by atoms with E-state index in [1.807, 2.05) is 0 Å². The van der Waals surface area contributed by atoms with Crippen molar-refractivity contribution in [3.05, 3.63) is 27.8 Å². The Labute approximate surface area is 118 Å². The Hall–Kier alpha value is -1.88. The van der Waals surface area contributed by atoms with Crippen LogP contribution in [0.15, 0.2) is 17.0 Å². The van der Waals surface area contributed by atoms with Gasteiger partial charge in [-0.1, -0.05) is 0 Å². The third-order valence-electron chi connectivity index (χ3n) is 2.51. The number of hydrogen-bond donors (Lipinski definition) is 2. The van der Waals surface area contributed by atoms with Gasteiger partial charge in [0.2, 0.25) is 10.0 Å². The number of halogens is 3. The normalized spacial score (nSPS) is 12.2. The van der Waals surface area contributed by atoms with E-state index in [4.69, 9.17) is 0 Å². The molecule has 0 aromatic heterocycles. The van der Waals surface area contributed by atoms with Crippen LogP contribution in [0.3, 0.4) is 0 Å². The van der Waals surface area contributed by atoms with Crippen LogP contribution in [0.4, 0.5) is 24.5 Å². The SMILES string of the molecule is CNc1cc(C)c(S(=O)(=O)NCC(F)(F)F)cc1[N+](=O)[O-]. The van der Waals surface area contributed by atoms with E-state index < -0.39 is 38.3 Å². The zero-order valence-corrected chi connectivity index (χ0v) is 11.8. The van der Waals surface area contributed by atoms with Crippen molar-refractivity contribution in [2.24, 2.45) is 0 Å². The minimum atomic E-state index is -4.72. The molecule has 0 fully saturated rings. The molecule has 0 atom stereocenters. The van der Waals surface area contributed by atoms with E-state index in [1.54, 1.807) is 0 Å². The largest absolute Gasteiger partial charge is 0.402 e. The molecule has 1 rings (SSSR count). The predicted octanol–water partition coefficient (Wildman–Crippen LogP) is 1.79. The predicted molar refractivity (Wildman–Crippen MR) is 68.6 cm³/mol. The van der Waals surface area contributed by atoms with E-state index in [9.17, 15) is 31.7 Å². The zero-order valence-electron chi connectivity index (χ0n) is 11.0. The van der Waals surface area contributed by atoms with E-state index >= 15 is 0 Å². The number of nitrogens with one attached hydrogen (secondary N) is 2. The van der Waals surface area contributed by atoms with Gasteiger partial charge in [0, 0.05) is 13.1 Å². The van der Waals surface area contributed by atoms with Gasteiger partial charge >= 0.3 is 6.18 Å². The number of anilines is 1. The number of nitro groups is 1.